The molecule has 1 rings (SSSR count). The van der Waals surface area contributed by atoms with Crippen LogP contribution in [0.25, 0.3) is 0 Å². The van der Waals surface area contributed by atoms with Crippen molar-refractivity contribution in [2.75, 3.05) is 6.61 Å². The smallest absolute Gasteiger partial charge is 0.191 e. The van der Waals surface area contributed by atoms with Gasteiger partial charge in [-0.1, -0.05) is 26.0 Å². The van der Waals surface area contributed by atoms with E-state index in [9.17, 15) is 9.18 Å². The standard InChI is InChI=1S/C14H19FO2/c1-10(2)8-11(3)17-9-14(16)12-6-4-5-7-13(12)15/h4-7,10-11H,8-9H2,1-3H3. The molecule has 0 fully saturated rings. The van der Waals surface area contributed by atoms with Crippen LogP contribution in [0.15, 0.2) is 24.3 Å². The minimum atomic E-state index is -0.488. The summed E-state index contributed by atoms with van der Waals surface area (Å²) in [7, 11) is 0. The third kappa shape index (κ3) is 4.65. The first kappa shape index (κ1) is 13.8. The molecule has 2 nitrogen and oxygen atoms in total. The molecule has 0 heterocycles. The number of carbonyl (C=O) groups excluding carboxylic acids is 1. The van der Waals surface area contributed by atoms with Gasteiger partial charge in [-0.05, 0) is 31.4 Å². The molecule has 0 aliphatic carbocycles. The summed E-state index contributed by atoms with van der Waals surface area (Å²) in [6.07, 6.45) is 0.913. The highest BCUT2D eigenvalue weighted by Gasteiger charge is 2.13. The lowest BCUT2D eigenvalue weighted by Crippen LogP contribution is -2.18. The van der Waals surface area contributed by atoms with E-state index in [0.29, 0.717) is 5.92 Å². The molecule has 0 amide bonds. The molecule has 0 saturated carbocycles. The van der Waals surface area contributed by atoms with Crippen molar-refractivity contribution < 1.29 is 13.9 Å². The number of ketones is 1. The number of carbonyl (C=O) groups is 1. The van der Waals surface area contributed by atoms with Gasteiger partial charge in [0.2, 0.25) is 0 Å². The van der Waals surface area contributed by atoms with Crippen molar-refractivity contribution in [2.24, 2.45) is 5.92 Å². The third-order valence-corrected chi connectivity index (χ3v) is 2.48. The van der Waals surface area contributed by atoms with E-state index in [2.05, 4.69) is 13.8 Å². The maximum atomic E-state index is 13.3. The summed E-state index contributed by atoms with van der Waals surface area (Å²) in [4.78, 5) is 11.7. The van der Waals surface area contributed by atoms with Crippen LogP contribution in [-0.2, 0) is 4.74 Å². The highest BCUT2D eigenvalue weighted by atomic mass is 19.1. The van der Waals surface area contributed by atoms with Crippen molar-refractivity contribution in [1.29, 1.82) is 0 Å². The largest absolute Gasteiger partial charge is 0.370 e. The minimum Gasteiger partial charge on any atom is -0.370 e. The monoisotopic (exact) mass is 238 g/mol. The summed E-state index contributed by atoms with van der Waals surface area (Å²) in [5, 5.41) is 0. The Morgan fingerprint density at radius 2 is 1.94 bits per heavy atom. The first-order valence-corrected chi connectivity index (χ1v) is 5.90. The van der Waals surface area contributed by atoms with Crippen molar-refractivity contribution in [3.63, 3.8) is 0 Å². The van der Waals surface area contributed by atoms with Crippen molar-refractivity contribution in [2.45, 2.75) is 33.3 Å². The van der Waals surface area contributed by atoms with E-state index in [0.717, 1.165) is 6.42 Å². The van der Waals surface area contributed by atoms with Gasteiger partial charge in [-0.3, -0.25) is 4.79 Å². The fourth-order valence-corrected chi connectivity index (χ4v) is 1.71. The van der Waals surface area contributed by atoms with Crippen LogP contribution in [-0.4, -0.2) is 18.5 Å². The lowest BCUT2D eigenvalue weighted by Gasteiger charge is -2.14. The molecule has 0 aliphatic rings. The Morgan fingerprint density at radius 3 is 2.53 bits per heavy atom. The summed E-state index contributed by atoms with van der Waals surface area (Å²) < 4.78 is 18.7. The number of rotatable bonds is 6. The molecular weight excluding hydrogens is 219 g/mol. The quantitative estimate of drug-likeness (QED) is 0.709. The van der Waals surface area contributed by atoms with Gasteiger partial charge in [0.1, 0.15) is 12.4 Å². The summed E-state index contributed by atoms with van der Waals surface area (Å²) >= 11 is 0. The van der Waals surface area contributed by atoms with Crippen LogP contribution >= 0.6 is 0 Å². The molecule has 0 aliphatic heterocycles. The van der Waals surface area contributed by atoms with E-state index in [1.807, 2.05) is 6.92 Å². The molecule has 17 heavy (non-hydrogen) atoms. The Morgan fingerprint density at radius 1 is 1.29 bits per heavy atom. The molecular formula is C14H19FO2. The fourth-order valence-electron chi connectivity index (χ4n) is 1.71. The van der Waals surface area contributed by atoms with Gasteiger partial charge in [0.25, 0.3) is 0 Å². The Bertz CT molecular complexity index is 374. The number of Topliss-reactive ketones (excluding diaryl/α,β-unsaturated/α-hetero) is 1. The highest BCUT2D eigenvalue weighted by molar-refractivity contribution is 5.97. The van der Waals surface area contributed by atoms with Crippen molar-refractivity contribution in [3.05, 3.63) is 35.6 Å². The number of hydrogen-bond donors (Lipinski definition) is 0. The van der Waals surface area contributed by atoms with E-state index in [4.69, 9.17) is 4.74 Å². The van der Waals surface area contributed by atoms with Gasteiger partial charge in [-0.2, -0.15) is 0 Å². The van der Waals surface area contributed by atoms with Crippen LogP contribution < -0.4 is 0 Å². The van der Waals surface area contributed by atoms with Crippen molar-refractivity contribution in [1.82, 2.24) is 0 Å². The molecule has 1 atom stereocenters. The number of halogens is 1. The van der Waals surface area contributed by atoms with E-state index in [1.54, 1.807) is 12.1 Å². The van der Waals surface area contributed by atoms with Crippen molar-refractivity contribution in [3.8, 4) is 0 Å². The normalized spacial score (nSPS) is 12.8. The second-order valence-electron chi connectivity index (χ2n) is 4.65. The minimum absolute atomic E-state index is 0.0192. The molecule has 0 aromatic heterocycles. The van der Waals surface area contributed by atoms with Crippen LogP contribution in [0.4, 0.5) is 4.39 Å². The van der Waals surface area contributed by atoms with Crippen LogP contribution in [0.1, 0.15) is 37.6 Å². The molecule has 0 N–H and O–H groups in total. The fraction of sp³-hybridized carbons (Fsp3) is 0.500. The average molecular weight is 238 g/mol. The zero-order chi connectivity index (χ0) is 12.8. The third-order valence-electron chi connectivity index (χ3n) is 2.48. The van der Waals surface area contributed by atoms with Gasteiger partial charge in [0, 0.05) is 0 Å². The summed E-state index contributed by atoms with van der Waals surface area (Å²) in [5.74, 6) is -0.273. The van der Waals surface area contributed by atoms with Crippen molar-refractivity contribution >= 4 is 5.78 Å². The topological polar surface area (TPSA) is 26.3 Å². The van der Waals surface area contributed by atoms with Crippen LogP contribution in [0.5, 0.6) is 0 Å². The molecule has 0 radical (unpaired) electrons. The summed E-state index contributed by atoms with van der Waals surface area (Å²) in [6.45, 7) is 6.06. The predicted octanol–water partition coefficient (Wildman–Crippen LogP) is 3.46. The number of hydrogen-bond acceptors (Lipinski definition) is 2. The Kier molecular flexibility index (Phi) is 5.29. The zero-order valence-corrected chi connectivity index (χ0v) is 10.6. The van der Waals surface area contributed by atoms with Crippen LogP contribution in [0.3, 0.4) is 0 Å². The van der Waals surface area contributed by atoms with E-state index in [-0.39, 0.29) is 24.1 Å². The average Bonchev–Trinajstić information content (AvgIpc) is 2.25. The second kappa shape index (κ2) is 6.50. The zero-order valence-electron chi connectivity index (χ0n) is 10.6. The van der Waals surface area contributed by atoms with E-state index in [1.165, 1.54) is 12.1 Å². The molecule has 94 valence electrons. The van der Waals surface area contributed by atoms with Gasteiger partial charge in [-0.15, -0.1) is 0 Å². The predicted molar refractivity (Wildman–Crippen MR) is 65.6 cm³/mol. The van der Waals surface area contributed by atoms with Gasteiger partial charge >= 0.3 is 0 Å². The van der Waals surface area contributed by atoms with E-state index < -0.39 is 5.82 Å². The molecule has 0 saturated heterocycles. The van der Waals surface area contributed by atoms with Crippen LogP contribution in [0, 0.1) is 11.7 Å². The van der Waals surface area contributed by atoms with Crippen LogP contribution in [0.2, 0.25) is 0 Å². The first-order valence-electron chi connectivity index (χ1n) is 5.90. The molecule has 0 spiro atoms. The SMILES string of the molecule is CC(C)CC(C)OCC(=O)c1ccccc1F. The Labute approximate surface area is 102 Å². The maximum absolute atomic E-state index is 13.3. The molecule has 1 aromatic carbocycles. The first-order chi connectivity index (χ1) is 8.00. The number of benzene rings is 1. The molecule has 1 aromatic rings. The molecule has 0 bridgehead atoms. The Hall–Kier alpha value is -1.22. The maximum Gasteiger partial charge on any atom is 0.191 e. The Balaban J connectivity index is 2.48. The van der Waals surface area contributed by atoms with Gasteiger partial charge in [0.15, 0.2) is 5.78 Å². The second-order valence-corrected chi connectivity index (χ2v) is 4.65. The van der Waals surface area contributed by atoms with Gasteiger partial charge < -0.3 is 4.74 Å². The molecule has 1 unspecified atom stereocenters. The summed E-state index contributed by atoms with van der Waals surface area (Å²) in [5.41, 5.74) is 0.101. The lowest BCUT2D eigenvalue weighted by atomic mass is 10.1. The van der Waals surface area contributed by atoms with E-state index >= 15 is 0 Å². The molecule has 3 heteroatoms. The van der Waals surface area contributed by atoms with Gasteiger partial charge in [-0.25, -0.2) is 4.39 Å². The number of ether oxygens (including phenoxy) is 1. The van der Waals surface area contributed by atoms with Gasteiger partial charge in [0.05, 0.1) is 11.7 Å². The summed E-state index contributed by atoms with van der Waals surface area (Å²) in [6, 6.07) is 5.97. The highest BCUT2D eigenvalue weighted by Crippen LogP contribution is 2.10. The lowest BCUT2D eigenvalue weighted by molar-refractivity contribution is 0.0442.